The van der Waals surface area contributed by atoms with E-state index in [2.05, 4.69) is 25.8 Å². The van der Waals surface area contributed by atoms with Gasteiger partial charge >= 0.3 is 5.97 Å². The average Bonchev–Trinajstić information content (AvgIpc) is 3.59. The van der Waals surface area contributed by atoms with E-state index in [4.69, 9.17) is 16.0 Å². The lowest BCUT2D eigenvalue weighted by Crippen LogP contribution is -2.57. The number of nitrogens with one attached hydrogen (secondary N) is 3. The summed E-state index contributed by atoms with van der Waals surface area (Å²) in [5, 5.41) is 27.2. The lowest BCUT2D eigenvalue weighted by atomic mass is 10.1. The Bertz CT molecular complexity index is 1680. The fourth-order valence-corrected chi connectivity index (χ4v) is 7.55. The van der Waals surface area contributed by atoms with Gasteiger partial charge in [-0.1, -0.05) is 17.3 Å². The third kappa shape index (κ3) is 5.94. The van der Waals surface area contributed by atoms with Crippen molar-refractivity contribution in [2.45, 2.75) is 43.4 Å². The van der Waals surface area contributed by atoms with Gasteiger partial charge in [0.1, 0.15) is 11.6 Å². The number of carbonyl (C=O) groups excluding carboxylic acids is 2. The first-order valence-corrected chi connectivity index (χ1v) is 15.3. The summed E-state index contributed by atoms with van der Waals surface area (Å²) in [7, 11) is -4.10. The molecule has 17 heteroatoms. The molecule has 1 fully saturated rings. The van der Waals surface area contributed by atoms with Crippen LogP contribution in [0.15, 0.2) is 34.4 Å². The average molecular weight is 619 g/mol. The highest BCUT2D eigenvalue weighted by molar-refractivity contribution is 7.89. The van der Waals surface area contributed by atoms with Gasteiger partial charge in [-0.3, -0.25) is 14.4 Å². The maximum Gasteiger partial charge on any atom is 0.322 e. The van der Waals surface area contributed by atoms with Crippen molar-refractivity contribution >= 4 is 55.9 Å². The molecule has 1 aromatic carbocycles. The van der Waals surface area contributed by atoms with Gasteiger partial charge < -0.3 is 36.6 Å². The standard InChI is InChI=1S/C25H30N8O7S2/c1-13-6-18-19(10-27-13)41-24(30-18)25(37)33-5-4-32(12-16(33)9-20(34)28-11-22(35)36)42(39,40)21-8-14-2-3-15(23(26)31-38)7-17(14)29-21/h2-3,7-8,13,16,27,29,38H,4-6,9-12H2,1H3,(H2,26,31)(H,28,34)(H,35,36). The number of amidine groups is 1. The minimum Gasteiger partial charge on any atom is -0.480 e. The second kappa shape index (κ2) is 11.7. The van der Waals surface area contributed by atoms with Gasteiger partial charge in [-0.25, -0.2) is 13.4 Å². The molecule has 2 aliphatic rings. The van der Waals surface area contributed by atoms with Crippen molar-refractivity contribution < 1.29 is 33.1 Å². The predicted molar refractivity (Wildman–Crippen MR) is 152 cm³/mol. The second-order valence-corrected chi connectivity index (χ2v) is 13.2. The van der Waals surface area contributed by atoms with E-state index >= 15 is 0 Å². The summed E-state index contributed by atoms with van der Waals surface area (Å²) in [6, 6.07) is 5.59. The van der Waals surface area contributed by atoms with Crippen LogP contribution in [0.2, 0.25) is 0 Å². The topological polar surface area (TPSA) is 223 Å². The van der Waals surface area contributed by atoms with E-state index in [0.29, 0.717) is 29.4 Å². The van der Waals surface area contributed by atoms with Crippen molar-refractivity contribution in [1.82, 2.24) is 29.8 Å². The highest BCUT2D eigenvalue weighted by Crippen LogP contribution is 2.28. The zero-order valence-electron chi connectivity index (χ0n) is 22.5. The van der Waals surface area contributed by atoms with Crippen molar-refractivity contribution in [3.8, 4) is 0 Å². The van der Waals surface area contributed by atoms with Gasteiger partial charge in [0.2, 0.25) is 5.91 Å². The summed E-state index contributed by atoms with van der Waals surface area (Å²) >= 11 is 1.27. The number of carboxylic acids is 1. The summed E-state index contributed by atoms with van der Waals surface area (Å²) in [6.07, 6.45) is 0.377. The van der Waals surface area contributed by atoms with Crippen molar-refractivity contribution in [2.24, 2.45) is 10.9 Å². The number of piperazine rings is 1. The summed E-state index contributed by atoms with van der Waals surface area (Å²) in [5.41, 5.74) is 7.35. The highest BCUT2D eigenvalue weighted by Gasteiger charge is 2.39. The van der Waals surface area contributed by atoms with Crippen LogP contribution in [-0.4, -0.2) is 99.8 Å². The first-order valence-electron chi connectivity index (χ1n) is 13.1. The minimum absolute atomic E-state index is 0.00170. The third-order valence-corrected chi connectivity index (χ3v) is 10.1. The van der Waals surface area contributed by atoms with Gasteiger partial charge in [-0.05, 0) is 19.1 Å². The highest BCUT2D eigenvalue weighted by atomic mass is 32.2. The third-order valence-electron chi connectivity index (χ3n) is 7.26. The molecule has 0 spiro atoms. The normalized spacial score (nSPS) is 19.9. The lowest BCUT2D eigenvalue weighted by molar-refractivity contribution is -0.138. The van der Waals surface area contributed by atoms with E-state index in [1.807, 2.05) is 6.92 Å². The number of carbonyl (C=O) groups is 3. The Morgan fingerprint density at radius 2 is 2.05 bits per heavy atom. The quantitative estimate of drug-likeness (QED) is 0.0848. The summed E-state index contributed by atoms with van der Waals surface area (Å²) in [5.74, 6) is -2.39. The molecular formula is C25H30N8O7S2. The number of H-pyrrole nitrogens is 1. The van der Waals surface area contributed by atoms with Crippen LogP contribution in [0, 0.1) is 0 Å². The number of fused-ring (bicyclic) bond motifs is 2. The van der Waals surface area contributed by atoms with Crippen molar-refractivity contribution in [3.05, 3.63) is 45.4 Å². The summed E-state index contributed by atoms with van der Waals surface area (Å²) < 4.78 is 28.6. The number of hydrogen-bond donors (Lipinski definition) is 6. The predicted octanol–water partition coefficient (Wildman–Crippen LogP) is -0.141. The number of carboxylic acid groups (broad SMARTS) is 1. The van der Waals surface area contributed by atoms with Gasteiger partial charge in [-0.15, -0.1) is 11.3 Å². The molecular weight excluding hydrogens is 588 g/mol. The second-order valence-electron chi connectivity index (χ2n) is 10.2. The zero-order chi connectivity index (χ0) is 30.2. The van der Waals surface area contributed by atoms with Crippen LogP contribution in [0.3, 0.4) is 0 Å². The first kappa shape index (κ1) is 29.4. The molecule has 2 unspecified atom stereocenters. The molecule has 15 nitrogen and oxygen atoms in total. The van der Waals surface area contributed by atoms with E-state index in [1.165, 1.54) is 26.6 Å². The summed E-state index contributed by atoms with van der Waals surface area (Å²) in [4.78, 5) is 47.0. The number of hydrogen-bond acceptors (Lipinski definition) is 10. The molecule has 0 bridgehead atoms. The number of rotatable bonds is 8. The van der Waals surface area contributed by atoms with E-state index < -0.39 is 40.4 Å². The molecule has 224 valence electrons. The number of amides is 2. The van der Waals surface area contributed by atoms with Crippen molar-refractivity contribution in [1.29, 1.82) is 0 Å². The molecule has 0 saturated carbocycles. The number of aromatic amines is 1. The van der Waals surface area contributed by atoms with Gasteiger partial charge in [0.15, 0.2) is 10.8 Å². The molecule has 2 atom stereocenters. The van der Waals surface area contributed by atoms with Crippen LogP contribution in [0.1, 0.15) is 39.3 Å². The number of nitrogens with two attached hydrogens (primary N) is 1. The molecule has 2 aromatic heterocycles. The maximum absolute atomic E-state index is 13.7. The van der Waals surface area contributed by atoms with Crippen LogP contribution in [0.25, 0.3) is 10.9 Å². The molecule has 2 amide bonds. The molecule has 5 rings (SSSR count). The van der Waals surface area contributed by atoms with Crippen LogP contribution < -0.4 is 16.4 Å². The Morgan fingerprint density at radius 3 is 2.79 bits per heavy atom. The van der Waals surface area contributed by atoms with Gasteiger partial charge in [0, 0.05) is 66.4 Å². The van der Waals surface area contributed by atoms with Crippen LogP contribution in [-0.2, 0) is 32.6 Å². The molecule has 7 N–H and O–H groups in total. The molecule has 1 saturated heterocycles. The first-order chi connectivity index (χ1) is 20.0. The van der Waals surface area contributed by atoms with Crippen molar-refractivity contribution in [3.63, 3.8) is 0 Å². The zero-order valence-corrected chi connectivity index (χ0v) is 24.2. The van der Waals surface area contributed by atoms with Crippen LogP contribution in [0.4, 0.5) is 0 Å². The summed E-state index contributed by atoms with van der Waals surface area (Å²) in [6.45, 7) is 1.80. The van der Waals surface area contributed by atoms with Gasteiger partial charge in [0.25, 0.3) is 15.9 Å². The Hall–Kier alpha value is -4.06. The lowest BCUT2D eigenvalue weighted by Gasteiger charge is -2.40. The van der Waals surface area contributed by atoms with E-state index in [-0.39, 0.29) is 48.0 Å². The number of nitrogens with zero attached hydrogens (tertiary/aromatic N) is 4. The molecule has 0 aliphatic carbocycles. The monoisotopic (exact) mass is 618 g/mol. The Labute approximate surface area is 244 Å². The Morgan fingerprint density at radius 1 is 1.26 bits per heavy atom. The molecule has 3 aromatic rings. The minimum atomic E-state index is -4.10. The van der Waals surface area contributed by atoms with Gasteiger partial charge in [-0.2, -0.15) is 4.31 Å². The van der Waals surface area contributed by atoms with E-state index in [1.54, 1.807) is 18.2 Å². The Kier molecular flexibility index (Phi) is 8.18. The fourth-order valence-electron chi connectivity index (χ4n) is 5.07. The SMILES string of the molecule is CC1Cc2nc(C(=O)N3CCN(S(=O)(=O)c4cc5ccc(/C(N)=N\O)cc5[nH]4)CC3CC(=O)NCC(=O)O)sc2CN1. The number of benzene rings is 1. The largest absolute Gasteiger partial charge is 0.480 e. The molecule has 0 radical (unpaired) electrons. The Balaban J connectivity index is 1.40. The van der Waals surface area contributed by atoms with Crippen LogP contribution in [0.5, 0.6) is 0 Å². The number of thiazole rings is 1. The number of aliphatic carboxylic acids is 1. The van der Waals surface area contributed by atoms with Crippen LogP contribution >= 0.6 is 11.3 Å². The van der Waals surface area contributed by atoms with E-state index in [9.17, 15) is 22.8 Å². The fraction of sp³-hybridized carbons (Fsp3) is 0.400. The number of sulfonamides is 1. The molecule has 42 heavy (non-hydrogen) atoms. The van der Waals surface area contributed by atoms with Crippen molar-refractivity contribution in [2.75, 3.05) is 26.2 Å². The van der Waals surface area contributed by atoms with E-state index in [0.717, 1.165) is 10.6 Å². The smallest absolute Gasteiger partial charge is 0.322 e. The number of aromatic nitrogens is 2. The molecule has 2 aliphatic heterocycles. The van der Waals surface area contributed by atoms with Gasteiger partial charge in [0.05, 0.1) is 11.7 Å². The maximum atomic E-state index is 13.7. The molecule has 4 heterocycles. The number of oxime groups is 1.